The molecule has 5 rings (SSSR count). The van der Waals surface area contributed by atoms with Crippen molar-refractivity contribution in [1.82, 2.24) is 19.9 Å². The van der Waals surface area contributed by atoms with Gasteiger partial charge in [-0.2, -0.15) is 4.68 Å². The van der Waals surface area contributed by atoms with E-state index in [1.165, 1.54) is 4.68 Å². The van der Waals surface area contributed by atoms with E-state index >= 15 is 0 Å². The van der Waals surface area contributed by atoms with E-state index in [1.807, 2.05) is 72.8 Å². The first-order valence-corrected chi connectivity index (χ1v) is 11.5. The number of nitrogens with zero attached hydrogens (tertiary/aromatic N) is 4. The molecule has 7 heteroatoms. The molecule has 0 bridgehead atoms. The summed E-state index contributed by atoms with van der Waals surface area (Å²) in [7, 11) is 0. The van der Waals surface area contributed by atoms with Gasteiger partial charge >= 0.3 is 6.03 Å². The van der Waals surface area contributed by atoms with Crippen LogP contribution >= 0.6 is 0 Å². The minimum Gasteiger partial charge on any atom is -0.387 e. The number of amides is 1. The van der Waals surface area contributed by atoms with Gasteiger partial charge in [0, 0.05) is 12.1 Å². The number of aromatic nitrogens is 3. The van der Waals surface area contributed by atoms with Crippen LogP contribution in [0.15, 0.2) is 103 Å². The van der Waals surface area contributed by atoms with Gasteiger partial charge in [0.15, 0.2) is 0 Å². The van der Waals surface area contributed by atoms with Gasteiger partial charge in [0.25, 0.3) is 0 Å². The number of hydrogen-bond acceptors (Lipinski definition) is 5. The average molecular weight is 467 g/mol. The molecule has 7 nitrogen and oxygen atoms in total. The van der Waals surface area contributed by atoms with Crippen LogP contribution in [0.5, 0.6) is 0 Å². The van der Waals surface area contributed by atoms with Crippen LogP contribution in [0, 0.1) is 0 Å². The highest BCUT2D eigenvalue weighted by Gasteiger charge is 2.32. The number of hydrogen-bond donors (Lipinski definition) is 1. The van der Waals surface area contributed by atoms with E-state index < -0.39 is 12.1 Å². The van der Waals surface area contributed by atoms with E-state index in [9.17, 15) is 9.90 Å². The van der Waals surface area contributed by atoms with E-state index in [1.54, 1.807) is 23.2 Å². The van der Waals surface area contributed by atoms with Crippen LogP contribution in [0.25, 0.3) is 22.4 Å². The molecule has 1 aromatic heterocycles. The Morgan fingerprint density at radius 3 is 2.31 bits per heavy atom. The zero-order chi connectivity index (χ0) is 24.0. The molecule has 0 fully saturated rings. The maximum Gasteiger partial charge on any atom is 0.346 e. The summed E-state index contributed by atoms with van der Waals surface area (Å²) in [6.07, 6.45) is 4.27. The molecule has 1 aliphatic rings. The molecule has 2 atom stereocenters. The van der Waals surface area contributed by atoms with Crippen molar-refractivity contribution in [2.24, 2.45) is 0 Å². The molecular formula is C28H26N4O3. The van der Waals surface area contributed by atoms with Crippen LogP contribution in [-0.2, 0) is 11.3 Å². The number of benzene rings is 3. The fraction of sp³-hybridized carbons (Fsp3) is 0.179. The van der Waals surface area contributed by atoms with Gasteiger partial charge in [-0.1, -0.05) is 102 Å². The SMILES string of the molecule is O=C(N1CC=C[C@@H](O)[C@@H]1COCc1ccccc1)n1cc(-c2ccc(-c3ccccc3)cc2)nn1. The van der Waals surface area contributed by atoms with Crippen LogP contribution in [-0.4, -0.2) is 56.3 Å². The number of aliphatic hydroxyl groups is 1. The van der Waals surface area contributed by atoms with Gasteiger partial charge in [0.05, 0.1) is 31.6 Å². The Hall–Kier alpha value is -4.07. The Labute approximate surface area is 203 Å². The second-order valence-corrected chi connectivity index (χ2v) is 8.41. The lowest BCUT2D eigenvalue weighted by Gasteiger charge is -2.35. The smallest absolute Gasteiger partial charge is 0.346 e. The molecule has 1 N–H and O–H groups in total. The monoisotopic (exact) mass is 466 g/mol. The molecule has 1 aliphatic heterocycles. The summed E-state index contributed by atoms with van der Waals surface area (Å²) in [5.41, 5.74) is 4.73. The Kier molecular flexibility index (Phi) is 6.79. The average Bonchev–Trinajstić information content (AvgIpc) is 3.41. The first kappa shape index (κ1) is 22.7. The van der Waals surface area contributed by atoms with Crippen molar-refractivity contribution in [3.63, 3.8) is 0 Å². The summed E-state index contributed by atoms with van der Waals surface area (Å²) in [5.74, 6) is 0. The van der Waals surface area contributed by atoms with Gasteiger partial charge in [0.2, 0.25) is 0 Å². The molecule has 0 saturated carbocycles. The summed E-state index contributed by atoms with van der Waals surface area (Å²) in [5, 5.41) is 18.8. The zero-order valence-corrected chi connectivity index (χ0v) is 19.1. The Morgan fingerprint density at radius 1 is 0.914 bits per heavy atom. The number of carbonyl (C=O) groups excluding carboxylic acids is 1. The molecular weight excluding hydrogens is 440 g/mol. The third kappa shape index (κ3) is 5.21. The maximum atomic E-state index is 13.3. The van der Waals surface area contributed by atoms with Gasteiger partial charge in [-0.25, -0.2) is 4.79 Å². The highest BCUT2D eigenvalue weighted by molar-refractivity contribution is 5.78. The van der Waals surface area contributed by atoms with Crippen LogP contribution in [0.4, 0.5) is 4.79 Å². The first-order chi connectivity index (χ1) is 17.2. The van der Waals surface area contributed by atoms with Gasteiger partial charge in [0.1, 0.15) is 5.69 Å². The summed E-state index contributed by atoms with van der Waals surface area (Å²) in [6, 6.07) is 27.0. The minimum absolute atomic E-state index is 0.203. The molecule has 2 heterocycles. The molecule has 0 unspecified atom stereocenters. The van der Waals surface area contributed by atoms with Crippen molar-refractivity contribution in [3.05, 3.63) is 109 Å². The van der Waals surface area contributed by atoms with Gasteiger partial charge < -0.3 is 14.7 Å². The van der Waals surface area contributed by atoms with E-state index in [-0.39, 0.29) is 12.6 Å². The fourth-order valence-corrected chi connectivity index (χ4v) is 4.13. The zero-order valence-electron chi connectivity index (χ0n) is 19.1. The number of carbonyl (C=O) groups is 1. The lowest BCUT2D eigenvalue weighted by Crippen LogP contribution is -2.52. The summed E-state index contributed by atoms with van der Waals surface area (Å²) >= 11 is 0. The number of ether oxygens (including phenoxy) is 1. The highest BCUT2D eigenvalue weighted by atomic mass is 16.5. The maximum absolute atomic E-state index is 13.3. The third-order valence-electron chi connectivity index (χ3n) is 6.05. The molecule has 0 saturated heterocycles. The van der Waals surface area contributed by atoms with Gasteiger partial charge in [-0.15, -0.1) is 5.10 Å². The van der Waals surface area contributed by atoms with Crippen LogP contribution in [0.1, 0.15) is 5.56 Å². The summed E-state index contributed by atoms with van der Waals surface area (Å²) in [6.45, 7) is 0.965. The molecule has 1 amide bonds. The van der Waals surface area contributed by atoms with Crippen LogP contribution in [0.2, 0.25) is 0 Å². The van der Waals surface area contributed by atoms with E-state index in [0.717, 1.165) is 22.3 Å². The Morgan fingerprint density at radius 2 is 1.57 bits per heavy atom. The van der Waals surface area contributed by atoms with E-state index in [0.29, 0.717) is 18.8 Å². The molecule has 0 aliphatic carbocycles. The minimum atomic E-state index is -0.822. The lowest BCUT2D eigenvalue weighted by atomic mass is 10.0. The standard InChI is InChI=1S/C28H26N4O3/c33-27-12-7-17-31(26(27)20-35-19-21-8-3-1-4-9-21)28(34)32-18-25(29-30-32)24-15-13-23(14-16-24)22-10-5-2-6-11-22/h1-16,18,26-27,33H,17,19-20H2/t26-,27+/m0/s1. The predicted octanol–water partition coefficient (Wildman–Crippen LogP) is 4.40. The predicted molar refractivity (Wildman–Crippen MR) is 133 cm³/mol. The van der Waals surface area contributed by atoms with Crippen molar-refractivity contribution in [1.29, 1.82) is 0 Å². The molecule has 0 spiro atoms. The van der Waals surface area contributed by atoms with Crippen LogP contribution in [0.3, 0.4) is 0 Å². The first-order valence-electron chi connectivity index (χ1n) is 11.5. The van der Waals surface area contributed by atoms with Crippen molar-refractivity contribution in [2.75, 3.05) is 13.2 Å². The second kappa shape index (κ2) is 10.5. The fourth-order valence-electron chi connectivity index (χ4n) is 4.13. The number of aliphatic hydroxyl groups excluding tert-OH is 1. The molecule has 35 heavy (non-hydrogen) atoms. The Bertz CT molecular complexity index is 1290. The van der Waals surface area contributed by atoms with Gasteiger partial charge in [-0.3, -0.25) is 0 Å². The van der Waals surface area contributed by atoms with Crippen molar-refractivity contribution in [2.45, 2.75) is 18.8 Å². The molecule has 0 radical (unpaired) electrons. The van der Waals surface area contributed by atoms with Crippen LogP contribution < -0.4 is 0 Å². The Balaban J connectivity index is 1.27. The van der Waals surface area contributed by atoms with Crippen molar-refractivity contribution in [3.8, 4) is 22.4 Å². The van der Waals surface area contributed by atoms with Crippen molar-refractivity contribution >= 4 is 6.03 Å². The topological polar surface area (TPSA) is 80.5 Å². The summed E-state index contributed by atoms with van der Waals surface area (Å²) in [4.78, 5) is 14.8. The second-order valence-electron chi connectivity index (χ2n) is 8.41. The quantitative estimate of drug-likeness (QED) is 0.426. The van der Waals surface area contributed by atoms with Gasteiger partial charge in [-0.05, 0) is 16.7 Å². The lowest BCUT2D eigenvalue weighted by molar-refractivity contribution is 0.0140. The largest absolute Gasteiger partial charge is 0.387 e. The third-order valence-corrected chi connectivity index (χ3v) is 6.05. The normalized spacial score (nSPS) is 17.5. The van der Waals surface area contributed by atoms with Crippen molar-refractivity contribution < 1.29 is 14.6 Å². The van der Waals surface area contributed by atoms with E-state index in [2.05, 4.69) is 22.4 Å². The van der Waals surface area contributed by atoms with E-state index in [4.69, 9.17) is 4.74 Å². The molecule has 4 aromatic rings. The summed E-state index contributed by atoms with van der Waals surface area (Å²) < 4.78 is 7.05. The highest BCUT2D eigenvalue weighted by Crippen LogP contribution is 2.24. The molecule has 3 aromatic carbocycles. The number of rotatable bonds is 6. The molecule has 176 valence electrons.